The minimum absolute atomic E-state index is 0.00688. The van der Waals surface area contributed by atoms with Gasteiger partial charge in [-0.3, -0.25) is 4.79 Å². The van der Waals surface area contributed by atoms with E-state index >= 15 is 0 Å². The third-order valence-electron chi connectivity index (χ3n) is 3.63. The van der Waals surface area contributed by atoms with E-state index in [1.807, 2.05) is 31.2 Å². The van der Waals surface area contributed by atoms with Gasteiger partial charge in [0.25, 0.3) is 5.91 Å². The molecular weight excluding hydrogens is 286 g/mol. The number of aromatic carboxylic acids is 1. The molecule has 2 aromatic rings. The molecule has 0 atom stereocenters. The molecule has 0 spiro atoms. The molecule has 0 bridgehead atoms. The maximum absolute atomic E-state index is 12.5. The van der Waals surface area contributed by atoms with Crippen molar-refractivity contribution in [2.45, 2.75) is 19.9 Å². The molecule has 0 fully saturated rings. The molecule has 21 heavy (non-hydrogen) atoms. The number of hydrogen-bond donors (Lipinski definition) is 1. The molecule has 1 aliphatic rings. The summed E-state index contributed by atoms with van der Waals surface area (Å²) in [5.41, 5.74) is 2.71. The van der Waals surface area contributed by atoms with Crippen LogP contribution in [0.15, 0.2) is 30.3 Å². The summed E-state index contributed by atoms with van der Waals surface area (Å²) < 4.78 is 0. The molecule has 0 aliphatic carbocycles. The normalized spacial score (nSPS) is 13.9. The average Bonchev–Trinajstić information content (AvgIpc) is 2.89. The number of benzene rings is 1. The second-order valence-electron chi connectivity index (χ2n) is 5.21. The molecule has 0 saturated heterocycles. The van der Waals surface area contributed by atoms with Crippen LogP contribution >= 0.6 is 11.3 Å². The Balaban J connectivity index is 1.82. The van der Waals surface area contributed by atoms with E-state index in [-0.39, 0.29) is 5.91 Å². The van der Waals surface area contributed by atoms with Crippen LogP contribution in [0.3, 0.4) is 0 Å². The highest BCUT2D eigenvalue weighted by Crippen LogP contribution is 2.28. The molecule has 0 unspecified atom stereocenters. The van der Waals surface area contributed by atoms with Crippen molar-refractivity contribution >= 4 is 23.2 Å². The fourth-order valence-corrected chi connectivity index (χ4v) is 3.57. The van der Waals surface area contributed by atoms with Crippen molar-refractivity contribution in [3.63, 3.8) is 0 Å². The number of carboxylic acids is 1. The SMILES string of the molecule is Cc1cccc(C(=O)N2CCc3sc(C(=O)O)cc3C2)c1. The lowest BCUT2D eigenvalue weighted by Gasteiger charge is -2.27. The van der Waals surface area contributed by atoms with Gasteiger partial charge in [0, 0.05) is 23.5 Å². The molecule has 3 rings (SSSR count). The fourth-order valence-electron chi connectivity index (χ4n) is 2.57. The molecule has 1 aromatic heterocycles. The minimum Gasteiger partial charge on any atom is -0.477 e. The second-order valence-corrected chi connectivity index (χ2v) is 6.35. The molecule has 4 nitrogen and oxygen atoms in total. The molecule has 1 aliphatic heterocycles. The van der Waals surface area contributed by atoms with E-state index in [4.69, 9.17) is 5.11 Å². The lowest BCUT2D eigenvalue weighted by molar-refractivity contribution is 0.0701. The predicted octanol–water partition coefficient (Wildman–Crippen LogP) is 2.95. The number of thiophene rings is 1. The van der Waals surface area contributed by atoms with E-state index in [9.17, 15) is 9.59 Å². The standard InChI is InChI=1S/C16H15NO3S/c1-10-3-2-4-11(7-10)15(18)17-6-5-13-12(9-17)8-14(21-13)16(19)20/h2-4,7-8H,5-6,9H2,1H3,(H,19,20). The van der Waals surface area contributed by atoms with Crippen LogP contribution in [-0.4, -0.2) is 28.4 Å². The van der Waals surface area contributed by atoms with Crippen molar-refractivity contribution in [2.24, 2.45) is 0 Å². The molecule has 0 saturated carbocycles. The maximum Gasteiger partial charge on any atom is 0.345 e. The summed E-state index contributed by atoms with van der Waals surface area (Å²) >= 11 is 1.32. The van der Waals surface area contributed by atoms with Crippen LogP contribution in [0.5, 0.6) is 0 Å². The highest BCUT2D eigenvalue weighted by Gasteiger charge is 2.24. The van der Waals surface area contributed by atoms with Crippen molar-refractivity contribution < 1.29 is 14.7 Å². The first-order valence-corrected chi connectivity index (χ1v) is 7.57. The molecule has 2 heterocycles. The summed E-state index contributed by atoms with van der Waals surface area (Å²) in [7, 11) is 0. The van der Waals surface area contributed by atoms with E-state index < -0.39 is 5.97 Å². The van der Waals surface area contributed by atoms with Gasteiger partial charge in [0.1, 0.15) is 4.88 Å². The monoisotopic (exact) mass is 301 g/mol. The Bertz CT molecular complexity index is 720. The molecule has 108 valence electrons. The van der Waals surface area contributed by atoms with E-state index in [0.717, 1.165) is 22.4 Å². The van der Waals surface area contributed by atoms with E-state index in [1.165, 1.54) is 11.3 Å². The zero-order valence-electron chi connectivity index (χ0n) is 11.6. The summed E-state index contributed by atoms with van der Waals surface area (Å²) in [5.74, 6) is -0.890. The number of carboxylic acid groups (broad SMARTS) is 1. The second kappa shape index (κ2) is 5.33. The third-order valence-corrected chi connectivity index (χ3v) is 4.85. The summed E-state index contributed by atoms with van der Waals surface area (Å²) in [4.78, 5) is 26.8. The number of aryl methyl sites for hydroxylation is 1. The van der Waals surface area contributed by atoms with Gasteiger partial charge in [0.05, 0.1) is 0 Å². The first-order chi connectivity index (χ1) is 10.0. The van der Waals surface area contributed by atoms with Crippen molar-refractivity contribution in [1.29, 1.82) is 0 Å². The van der Waals surface area contributed by atoms with Gasteiger partial charge in [-0.05, 0) is 37.1 Å². The minimum atomic E-state index is -0.897. The van der Waals surface area contributed by atoms with Crippen LogP contribution in [0.25, 0.3) is 0 Å². The van der Waals surface area contributed by atoms with Gasteiger partial charge in [0.15, 0.2) is 0 Å². The zero-order chi connectivity index (χ0) is 15.0. The molecule has 0 radical (unpaired) electrons. The predicted molar refractivity (Wildman–Crippen MR) is 80.9 cm³/mol. The van der Waals surface area contributed by atoms with Crippen molar-refractivity contribution in [3.05, 3.63) is 56.8 Å². The van der Waals surface area contributed by atoms with E-state index in [0.29, 0.717) is 23.5 Å². The highest BCUT2D eigenvalue weighted by molar-refractivity contribution is 7.14. The summed E-state index contributed by atoms with van der Waals surface area (Å²) in [6.45, 7) is 3.09. The van der Waals surface area contributed by atoms with Gasteiger partial charge in [-0.1, -0.05) is 17.7 Å². The number of rotatable bonds is 2. The largest absolute Gasteiger partial charge is 0.477 e. The number of amides is 1. The number of carbonyl (C=O) groups is 2. The quantitative estimate of drug-likeness (QED) is 0.928. The fraction of sp³-hybridized carbons (Fsp3) is 0.250. The third kappa shape index (κ3) is 2.69. The van der Waals surface area contributed by atoms with Gasteiger partial charge in [0.2, 0.25) is 0 Å². The zero-order valence-corrected chi connectivity index (χ0v) is 12.4. The van der Waals surface area contributed by atoms with Crippen LogP contribution < -0.4 is 0 Å². The maximum atomic E-state index is 12.5. The molecule has 5 heteroatoms. The summed E-state index contributed by atoms with van der Waals surface area (Å²) in [5, 5.41) is 9.05. The lowest BCUT2D eigenvalue weighted by atomic mass is 10.1. The number of hydrogen-bond acceptors (Lipinski definition) is 3. The van der Waals surface area contributed by atoms with Gasteiger partial charge < -0.3 is 10.0 Å². The Kier molecular flexibility index (Phi) is 3.51. The number of nitrogens with zero attached hydrogens (tertiary/aromatic N) is 1. The Morgan fingerprint density at radius 1 is 1.29 bits per heavy atom. The molecule has 1 amide bonds. The lowest BCUT2D eigenvalue weighted by Crippen LogP contribution is -2.35. The van der Waals surface area contributed by atoms with Crippen LogP contribution in [0, 0.1) is 6.92 Å². The Morgan fingerprint density at radius 3 is 2.81 bits per heavy atom. The van der Waals surface area contributed by atoms with Gasteiger partial charge in [-0.25, -0.2) is 4.79 Å². The molecule has 1 aromatic carbocycles. The molecule has 1 N–H and O–H groups in total. The summed E-state index contributed by atoms with van der Waals surface area (Å²) in [6.07, 6.45) is 0.727. The Morgan fingerprint density at radius 2 is 2.10 bits per heavy atom. The Labute approximate surface area is 126 Å². The highest BCUT2D eigenvalue weighted by atomic mass is 32.1. The average molecular weight is 301 g/mol. The van der Waals surface area contributed by atoms with Gasteiger partial charge in [-0.15, -0.1) is 11.3 Å². The van der Waals surface area contributed by atoms with Crippen LogP contribution in [0.2, 0.25) is 0 Å². The topological polar surface area (TPSA) is 57.6 Å². The van der Waals surface area contributed by atoms with Gasteiger partial charge >= 0.3 is 5.97 Å². The summed E-state index contributed by atoms with van der Waals surface area (Å²) in [6, 6.07) is 9.24. The van der Waals surface area contributed by atoms with E-state index in [2.05, 4.69) is 0 Å². The van der Waals surface area contributed by atoms with Crippen molar-refractivity contribution in [3.8, 4) is 0 Å². The first kappa shape index (κ1) is 13.8. The number of fused-ring (bicyclic) bond motifs is 1. The number of carbonyl (C=O) groups excluding carboxylic acids is 1. The smallest absolute Gasteiger partial charge is 0.345 e. The van der Waals surface area contributed by atoms with Crippen LogP contribution in [0.4, 0.5) is 0 Å². The van der Waals surface area contributed by atoms with Crippen molar-refractivity contribution in [2.75, 3.05) is 6.54 Å². The van der Waals surface area contributed by atoms with Crippen LogP contribution in [0.1, 0.15) is 36.0 Å². The van der Waals surface area contributed by atoms with Crippen molar-refractivity contribution in [1.82, 2.24) is 4.90 Å². The van der Waals surface area contributed by atoms with E-state index in [1.54, 1.807) is 11.0 Å². The molecular formula is C16H15NO3S. The van der Waals surface area contributed by atoms with Crippen LogP contribution in [-0.2, 0) is 13.0 Å². The Hall–Kier alpha value is -2.14. The van der Waals surface area contributed by atoms with Gasteiger partial charge in [-0.2, -0.15) is 0 Å². The first-order valence-electron chi connectivity index (χ1n) is 6.75.